The highest BCUT2D eigenvalue weighted by molar-refractivity contribution is 6.30. The molecule has 0 saturated carbocycles. The summed E-state index contributed by atoms with van der Waals surface area (Å²) in [7, 11) is 0. The van der Waals surface area contributed by atoms with Gasteiger partial charge in [0.05, 0.1) is 0 Å². The molecule has 0 aliphatic carbocycles. The maximum atomic E-state index is 12.2. The van der Waals surface area contributed by atoms with Crippen LogP contribution in [0.5, 0.6) is 5.75 Å². The number of hydrogen-bond donors (Lipinski definition) is 0. The molecule has 5 heteroatoms. The fourth-order valence-electron chi connectivity index (χ4n) is 2.61. The number of nitrogens with zero attached hydrogens (tertiary/aromatic N) is 2. The fraction of sp³-hybridized carbons (Fsp3) is 0.571. The van der Waals surface area contributed by atoms with Crippen molar-refractivity contribution in [3.05, 3.63) is 23.5 Å². The third-order valence-corrected chi connectivity index (χ3v) is 3.84. The second-order valence-corrected chi connectivity index (χ2v) is 5.37. The molecule has 0 bridgehead atoms. The van der Waals surface area contributed by atoms with Crippen LogP contribution in [0.4, 0.5) is 0 Å². The summed E-state index contributed by atoms with van der Waals surface area (Å²) in [5.74, 6) is 0.467. The Morgan fingerprint density at radius 3 is 2.79 bits per heavy atom. The molecule has 0 radical (unpaired) electrons. The lowest BCUT2D eigenvalue weighted by atomic mass is 9.97. The number of carbonyl (C=O) groups excluding carboxylic acids is 1. The number of rotatable bonds is 3. The second-order valence-electron chi connectivity index (χ2n) is 5.01. The smallest absolute Gasteiger partial charge is 0.260 e. The molecule has 1 aromatic rings. The van der Waals surface area contributed by atoms with Gasteiger partial charge in [-0.05, 0) is 45.2 Å². The Labute approximate surface area is 118 Å². The van der Waals surface area contributed by atoms with Crippen LogP contribution in [0.15, 0.2) is 18.3 Å². The van der Waals surface area contributed by atoms with Gasteiger partial charge in [-0.3, -0.25) is 4.79 Å². The zero-order valence-electron chi connectivity index (χ0n) is 11.3. The molecule has 0 N–H and O–H groups in total. The molecule has 1 saturated heterocycles. The van der Waals surface area contributed by atoms with Crippen molar-refractivity contribution in [2.75, 3.05) is 6.61 Å². The van der Waals surface area contributed by atoms with Gasteiger partial charge in [-0.15, -0.1) is 0 Å². The number of likely N-dealkylation sites (tertiary alicyclic amines) is 1. The van der Waals surface area contributed by atoms with Crippen LogP contribution in [0.1, 0.15) is 33.1 Å². The van der Waals surface area contributed by atoms with Gasteiger partial charge in [0.1, 0.15) is 0 Å². The van der Waals surface area contributed by atoms with E-state index in [4.69, 9.17) is 16.3 Å². The molecule has 2 rings (SSSR count). The van der Waals surface area contributed by atoms with Crippen molar-refractivity contribution in [2.24, 2.45) is 0 Å². The summed E-state index contributed by atoms with van der Waals surface area (Å²) in [6.07, 6.45) is 4.89. The van der Waals surface area contributed by atoms with Gasteiger partial charge in [-0.1, -0.05) is 11.6 Å². The van der Waals surface area contributed by atoms with Crippen LogP contribution in [-0.4, -0.2) is 34.5 Å². The zero-order valence-corrected chi connectivity index (χ0v) is 12.1. The first-order valence-corrected chi connectivity index (χ1v) is 7.02. The van der Waals surface area contributed by atoms with Crippen molar-refractivity contribution in [1.29, 1.82) is 0 Å². The van der Waals surface area contributed by atoms with E-state index in [2.05, 4.69) is 18.8 Å². The van der Waals surface area contributed by atoms with Crippen LogP contribution in [0, 0.1) is 0 Å². The largest absolute Gasteiger partial charge is 0.481 e. The van der Waals surface area contributed by atoms with Crippen LogP contribution < -0.4 is 4.74 Å². The Morgan fingerprint density at radius 2 is 2.16 bits per heavy atom. The second kappa shape index (κ2) is 6.24. The van der Waals surface area contributed by atoms with E-state index in [0.29, 0.717) is 5.75 Å². The highest BCUT2D eigenvalue weighted by atomic mass is 35.5. The average Bonchev–Trinajstić information content (AvgIpc) is 2.37. The van der Waals surface area contributed by atoms with E-state index in [1.807, 2.05) is 4.90 Å². The number of ether oxygens (including phenoxy) is 1. The maximum Gasteiger partial charge on any atom is 0.260 e. The maximum absolute atomic E-state index is 12.2. The molecular formula is C14H19ClN2O2. The standard InChI is InChI=1S/C14H19ClN2O2/c1-10-5-3-6-11(2)17(10)13(18)9-19-12-7-4-8-16-14(12)15/h4,7-8,10-11H,3,5-6,9H2,1-2H3. The van der Waals surface area contributed by atoms with Crippen molar-refractivity contribution in [3.8, 4) is 5.75 Å². The van der Waals surface area contributed by atoms with Crippen LogP contribution in [0.2, 0.25) is 5.15 Å². The molecule has 1 aliphatic rings. The molecule has 1 amide bonds. The van der Waals surface area contributed by atoms with Gasteiger partial charge in [-0.25, -0.2) is 4.98 Å². The molecule has 1 aliphatic heterocycles. The number of piperidine rings is 1. The van der Waals surface area contributed by atoms with E-state index >= 15 is 0 Å². The van der Waals surface area contributed by atoms with Crippen LogP contribution in [0.25, 0.3) is 0 Å². The first-order valence-electron chi connectivity index (χ1n) is 6.64. The highest BCUT2D eigenvalue weighted by Crippen LogP contribution is 2.24. The van der Waals surface area contributed by atoms with E-state index in [9.17, 15) is 4.79 Å². The van der Waals surface area contributed by atoms with E-state index in [1.54, 1.807) is 18.3 Å². The van der Waals surface area contributed by atoms with Crippen LogP contribution >= 0.6 is 11.6 Å². The van der Waals surface area contributed by atoms with Gasteiger partial charge < -0.3 is 9.64 Å². The molecule has 4 nitrogen and oxygen atoms in total. The Hall–Kier alpha value is -1.29. The predicted molar refractivity (Wildman–Crippen MR) is 74.4 cm³/mol. The number of amides is 1. The van der Waals surface area contributed by atoms with Crippen molar-refractivity contribution >= 4 is 17.5 Å². The fourth-order valence-corrected chi connectivity index (χ4v) is 2.78. The summed E-state index contributed by atoms with van der Waals surface area (Å²) in [6.45, 7) is 4.19. The Morgan fingerprint density at radius 1 is 1.47 bits per heavy atom. The summed E-state index contributed by atoms with van der Waals surface area (Å²) >= 11 is 5.89. The number of halogens is 1. The van der Waals surface area contributed by atoms with Crippen molar-refractivity contribution in [2.45, 2.75) is 45.2 Å². The van der Waals surface area contributed by atoms with Gasteiger partial charge in [0.15, 0.2) is 17.5 Å². The quantitative estimate of drug-likeness (QED) is 0.801. The van der Waals surface area contributed by atoms with Crippen molar-refractivity contribution in [1.82, 2.24) is 9.88 Å². The molecule has 19 heavy (non-hydrogen) atoms. The topological polar surface area (TPSA) is 42.4 Å². The van der Waals surface area contributed by atoms with Gasteiger partial charge in [0, 0.05) is 18.3 Å². The molecular weight excluding hydrogens is 264 g/mol. The number of hydrogen-bond acceptors (Lipinski definition) is 3. The van der Waals surface area contributed by atoms with E-state index in [0.717, 1.165) is 12.8 Å². The minimum Gasteiger partial charge on any atom is -0.481 e. The normalized spacial score (nSPS) is 23.2. The van der Waals surface area contributed by atoms with Gasteiger partial charge in [-0.2, -0.15) is 0 Å². The number of carbonyl (C=O) groups is 1. The van der Waals surface area contributed by atoms with Gasteiger partial charge >= 0.3 is 0 Å². The van der Waals surface area contributed by atoms with Gasteiger partial charge in [0.25, 0.3) is 5.91 Å². The first kappa shape index (κ1) is 14.1. The van der Waals surface area contributed by atoms with Crippen molar-refractivity contribution < 1.29 is 9.53 Å². The van der Waals surface area contributed by atoms with Crippen LogP contribution in [0.3, 0.4) is 0 Å². The highest BCUT2D eigenvalue weighted by Gasteiger charge is 2.29. The molecule has 0 aromatic carbocycles. The Kier molecular flexibility index (Phi) is 4.64. The Balaban J connectivity index is 1.95. The lowest BCUT2D eigenvalue weighted by Gasteiger charge is -2.38. The molecule has 2 heterocycles. The van der Waals surface area contributed by atoms with Gasteiger partial charge in [0.2, 0.25) is 0 Å². The summed E-state index contributed by atoms with van der Waals surface area (Å²) in [4.78, 5) is 18.1. The third-order valence-electron chi connectivity index (χ3n) is 3.56. The summed E-state index contributed by atoms with van der Waals surface area (Å²) in [5.41, 5.74) is 0. The molecule has 104 valence electrons. The first-order chi connectivity index (χ1) is 9.09. The average molecular weight is 283 g/mol. The number of pyridine rings is 1. The lowest BCUT2D eigenvalue weighted by Crippen LogP contribution is -2.49. The minimum absolute atomic E-state index is 0.0135. The Bertz CT molecular complexity index is 443. The molecule has 1 aromatic heterocycles. The summed E-state index contributed by atoms with van der Waals surface area (Å²) in [6, 6.07) is 4.01. The third kappa shape index (κ3) is 3.38. The lowest BCUT2D eigenvalue weighted by molar-refractivity contribution is -0.139. The molecule has 0 spiro atoms. The van der Waals surface area contributed by atoms with E-state index in [-0.39, 0.29) is 29.8 Å². The molecule has 2 unspecified atom stereocenters. The molecule has 2 atom stereocenters. The summed E-state index contributed by atoms with van der Waals surface area (Å²) < 4.78 is 5.46. The molecule has 1 fully saturated rings. The van der Waals surface area contributed by atoms with Crippen molar-refractivity contribution in [3.63, 3.8) is 0 Å². The monoisotopic (exact) mass is 282 g/mol. The summed E-state index contributed by atoms with van der Waals surface area (Å²) in [5, 5.41) is 0.287. The predicted octanol–water partition coefficient (Wildman–Crippen LogP) is 2.90. The van der Waals surface area contributed by atoms with E-state index in [1.165, 1.54) is 6.42 Å². The minimum atomic E-state index is 0.0135. The number of aromatic nitrogens is 1. The van der Waals surface area contributed by atoms with Crippen LogP contribution in [-0.2, 0) is 4.79 Å². The SMILES string of the molecule is CC1CCCC(C)N1C(=O)COc1cccnc1Cl. The van der Waals surface area contributed by atoms with E-state index < -0.39 is 0 Å². The zero-order chi connectivity index (χ0) is 13.8.